The van der Waals surface area contributed by atoms with Gasteiger partial charge in [0.05, 0.1) is 5.69 Å². The van der Waals surface area contributed by atoms with Crippen LogP contribution in [-0.2, 0) is 0 Å². The molecular weight excluding hydrogens is 461 g/mol. The number of nitrogens with one attached hydrogen (secondary N) is 2. The molecule has 0 aliphatic heterocycles. The summed E-state index contributed by atoms with van der Waals surface area (Å²) in [6, 6.07) is 15.2. The molecule has 2 N–H and O–H groups in total. The number of aryl methyl sites for hydroxylation is 1. The molecule has 0 saturated carbocycles. The second-order valence-electron chi connectivity index (χ2n) is 7.72. The number of anilines is 3. The van der Waals surface area contributed by atoms with Gasteiger partial charge in [0.15, 0.2) is 11.6 Å². The predicted octanol–water partition coefficient (Wildman–Crippen LogP) is 5.48. The smallest absolute Gasteiger partial charge is 0.406 e. The van der Waals surface area contributed by atoms with Crippen LogP contribution in [0.3, 0.4) is 0 Å². The lowest BCUT2D eigenvalue weighted by Gasteiger charge is -2.11. The molecule has 0 aliphatic carbocycles. The number of rotatable bonds is 6. The molecule has 0 spiro atoms. The van der Waals surface area contributed by atoms with Crippen molar-refractivity contribution in [2.75, 3.05) is 10.6 Å². The monoisotopic (exact) mass is 482 g/mol. The number of ether oxygens (including phenoxy) is 1. The molecule has 0 bridgehead atoms. The van der Waals surface area contributed by atoms with Gasteiger partial charge in [0.1, 0.15) is 5.75 Å². The molecule has 4 aromatic rings. The number of alkyl halides is 3. The number of hydrogen-bond donors (Lipinski definition) is 2. The van der Waals surface area contributed by atoms with Gasteiger partial charge < -0.3 is 15.4 Å². The summed E-state index contributed by atoms with van der Waals surface area (Å²) in [7, 11) is 0. The maximum absolute atomic E-state index is 12.4. The summed E-state index contributed by atoms with van der Waals surface area (Å²) in [6.45, 7) is 5.91. The number of nitrogens with zero attached hydrogens (tertiary/aromatic N) is 4. The van der Waals surface area contributed by atoms with Crippen LogP contribution < -0.4 is 15.4 Å². The van der Waals surface area contributed by atoms with E-state index in [-0.39, 0.29) is 5.56 Å². The lowest BCUT2D eigenvalue weighted by molar-refractivity contribution is -0.274. The van der Waals surface area contributed by atoms with Gasteiger partial charge in [-0.25, -0.2) is 4.68 Å². The van der Waals surface area contributed by atoms with Crippen LogP contribution in [0.2, 0.25) is 0 Å². The first kappa shape index (κ1) is 23.7. The van der Waals surface area contributed by atoms with Crippen molar-refractivity contribution < 1.29 is 22.7 Å². The Balaban J connectivity index is 1.39. The van der Waals surface area contributed by atoms with E-state index in [0.717, 1.165) is 29.1 Å². The van der Waals surface area contributed by atoms with E-state index in [1.807, 2.05) is 20.8 Å². The fraction of sp³-hybridized carbons (Fsp3) is 0.167. The first-order valence-electron chi connectivity index (χ1n) is 10.5. The fourth-order valence-electron chi connectivity index (χ4n) is 3.27. The number of carbonyl (C=O) groups excluding carboxylic acids is 1. The zero-order chi connectivity index (χ0) is 25.2. The van der Waals surface area contributed by atoms with Gasteiger partial charge in [-0.2, -0.15) is 5.10 Å². The second-order valence-corrected chi connectivity index (χ2v) is 7.72. The number of hydrogen-bond acceptors (Lipinski definition) is 6. The van der Waals surface area contributed by atoms with Crippen LogP contribution in [0.5, 0.6) is 5.75 Å². The van der Waals surface area contributed by atoms with E-state index >= 15 is 0 Å². The summed E-state index contributed by atoms with van der Waals surface area (Å²) < 4.78 is 42.8. The van der Waals surface area contributed by atoms with Gasteiger partial charge in [-0.15, -0.1) is 23.4 Å². The highest BCUT2D eigenvalue weighted by Crippen LogP contribution is 2.24. The minimum Gasteiger partial charge on any atom is -0.406 e. The van der Waals surface area contributed by atoms with Crippen LogP contribution in [0.1, 0.15) is 27.3 Å². The van der Waals surface area contributed by atoms with Gasteiger partial charge in [0, 0.05) is 22.6 Å². The second kappa shape index (κ2) is 9.45. The molecule has 0 saturated heterocycles. The fourth-order valence-corrected chi connectivity index (χ4v) is 3.27. The van der Waals surface area contributed by atoms with Gasteiger partial charge in [-0.1, -0.05) is 6.07 Å². The van der Waals surface area contributed by atoms with Crippen molar-refractivity contribution >= 4 is 23.1 Å². The van der Waals surface area contributed by atoms with Crippen LogP contribution in [0.25, 0.3) is 5.82 Å². The highest BCUT2D eigenvalue weighted by atomic mass is 19.4. The molecule has 2 aromatic heterocycles. The Bertz CT molecular complexity index is 1350. The molecule has 2 heterocycles. The predicted molar refractivity (Wildman–Crippen MR) is 124 cm³/mol. The topological polar surface area (TPSA) is 94.0 Å². The summed E-state index contributed by atoms with van der Waals surface area (Å²) >= 11 is 0. The van der Waals surface area contributed by atoms with Crippen LogP contribution in [0, 0.1) is 20.8 Å². The molecule has 2 aromatic carbocycles. The Hall–Kier alpha value is -4.41. The first-order valence-corrected chi connectivity index (χ1v) is 10.5. The molecule has 4 rings (SSSR count). The molecule has 35 heavy (non-hydrogen) atoms. The third-order valence-corrected chi connectivity index (χ3v) is 5.27. The van der Waals surface area contributed by atoms with Crippen molar-refractivity contribution in [2.45, 2.75) is 27.1 Å². The summed E-state index contributed by atoms with van der Waals surface area (Å²) in [4.78, 5) is 12.4. The summed E-state index contributed by atoms with van der Waals surface area (Å²) in [5.74, 6) is 0.0845. The third kappa shape index (κ3) is 5.75. The molecule has 8 nitrogen and oxygen atoms in total. The van der Waals surface area contributed by atoms with Gasteiger partial charge in [0.2, 0.25) is 0 Å². The van der Waals surface area contributed by atoms with Crippen LogP contribution in [0.4, 0.5) is 30.4 Å². The van der Waals surface area contributed by atoms with Crippen molar-refractivity contribution in [3.63, 3.8) is 0 Å². The Labute approximate surface area is 198 Å². The van der Waals surface area contributed by atoms with Gasteiger partial charge in [0.25, 0.3) is 5.91 Å². The van der Waals surface area contributed by atoms with Crippen LogP contribution in [-0.4, -0.2) is 32.2 Å². The van der Waals surface area contributed by atoms with E-state index in [9.17, 15) is 18.0 Å². The number of halogens is 3. The minimum atomic E-state index is -4.83. The Morgan fingerprint density at radius 1 is 0.943 bits per heavy atom. The van der Waals surface area contributed by atoms with E-state index in [1.165, 1.54) is 12.1 Å². The van der Waals surface area contributed by atoms with E-state index in [4.69, 9.17) is 0 Å². The summed E-state index contributed by atoms with van der Waals surface area (Å²) in [6.07, 6.45) is -4.83. The van der Waals surface area contributed by atoms with Gasteiger partial charge >= 0.3 is 6.36 Å². The van der Waals surface area contributed by atoms with Gasteiger partial charge in [-0.05, 0) is 80.9 Å². The third-order valence-electron chi connectivity index (χ3n) is 5.27. The summed E-state index contributed by atoms with van der Waals surface area (Å²) in [5.41, 5.74) is 4.22. The molecule has 0 atom stereocenters. The molecular formula is C24H21F3N6O2. The van der Waals surface area contributed by atoms with Crippen LogP contribution in [0.15, 0.2) is 60.7 Å². The van der Waals surface area contributed by atoms with Crippen LogP contribution >= 0.6 is 0 Å². The highest BCUT2D eigenvalue weighted by Gasteiger charge is 2.31. The Morgan fingerprint density at radius 3 is 2.26 bits per heavy atom. The maximum atomic E-state index is 12.4. The standard InChI is InChI=1S/C24H21F3N6O2/c1-14-15(2)32-33(16(14)3)22-12-11-21(30-31-22)28-18-7-9-19(10-8-18)29-23(34)17-5-4-6-20(13-17)35-24(25,26)27/h4-13H,1-3H3,(H,28,30)(H,29,34). The van der Waals surface area contributed by atoms with Gasteiger partial charge in [-0.3, -0.25) is 4.79 Å². The highest BCUT2D eigenvalue weighted by molar-refractivity contribution is 6.04. The number of benzene rings is 2. The first-order chi connectivity index (χ1) is 16.6. The van der Waals surface area contributed by atoms with E-state index < -0.39 is 18.0 Å². The van der Waals surface area contributed by atoms with E-state index in [2.05, 4.69) is 30.7 Å². The lowest BCUT2D eigenvalue weighted by Crippen LogP contribution is -2.18. The van der Waals surface area contributed by atoms with Crippen molar-refractivity contribution in [3.8, 4) is 11.6 Å². The summed E-state index contributed by atoms with van der Waals surface area (Å²) in [5, 5.41) is 18.6. The molecule has 180 valence electrons. The van der Waals surface area contributed by atoms with Crippen molar-refractivity contribution in [1.29, 1.82) is 0 Å². The average molecular weight is 482 g/mol. The normalized spacial score (nSPS) is 11.3. The quantitative estimate of drug-likeness (QED) is 0.378. The SMILES string of the molecule is Cc1nn(-c2ccc(Nc3ccc(NC(=O)c4cccc(OC(F)(F)F)c4)cc3)nn2)c(C)c1C. The van der Waals surface area contributed by atoms with Crippen molar-refractivity contribution in [3.05, 3.63) is 83.2 Å². The Morgan fingerprint density at radius 2 is 1.66 bits per heavy atom. The van der Waals surface area contributed by atoms with Crippen molar-refractivity contribution in [2.24, 2.45) is 0 Å². The molecule has 1 amide bonds. The zero-order valence-corrected chi connectivity index (χ0v) is 19.0. The molecule has 0 aliphatic rings. The number of amides is 1. The molecule has 0 radical (unpaired) electrons. The Kier molecular flexibility index (Phi) is 6.41. The minimum absolute atomic E-state index is 0.0297. The molecule has 0 unspecified atom stereocenters. The van der Waals surface area contributed by atoms with E-state index in [1.54, 1.807) is 41.1 Å². The molecule has 11 heteroatoms. The molecule has 0 fully saturated rings. The maximum Gasteiger partial charge on any atom is 0.573 e. The van der Waals surface area contributed by atoms with E-state index in [0.29, 0.717) is 23.0 Å². The van der Waals surface area contributed by atoms with Crippen molar-refractivity contribution in [1.82, 2.24) is 20.0 Å². The largest absolute Gasteiger partial charge is 0.573 e. The number of aromatic nitrogens is 4. The zero-order valence-electron chi connectivity index (χ0n) is 19.0. The number of carbonyl (C=O) groups is 1. The average Bonchev–Trinajstić information content (AvgIpc) is 3.07. The lowest BCUT2D eigenvalue weighted by atomic mass is 10.2.